The third-order valence-electron chi connectivity index (χ3n) is 12.4. The molecule has 374 valence electrons. The molecule has 0 radical (unpaired) electrons. The molecular weight excluding hydrogens is 793 g/mol. The standard InChI is InChI=1S/C58H106O6/c1-4-7-10-13-16-19-22-25-28-31-34-37-40-43-46-49-56(59)62-52-55(53-63-57(60)50-47-44-41-38-35-32-29-26-23-20-17-14-11-8-5-2)54-64-58(61)51-48-45-42-39-36-33-30-27-24-21-18-15-12-9-6-3/h25-30,55H,4-24,31-54H2,1-3H3/b28-25-,29-26-,30-27-. The number of ether oxygens (including phenoxy) is 3. The van der Waals surface area contributed by atoms with Gasteiger partial charge in [-0.15, -0.1) is 0 Å². The molecule has 0 bridgehead atoms. The fourth-order valence-corrected chi connectivity index (χ4v) is 8.01. The quantitative estimate of drug-likeness (QED) is 0.0262. The Kier molecular flexibility index (Phi) is 51.3. The van der Waals surface area contributed by atoms with Crippen LogP contribution < -0.4 is 0 Å². The zero-order chi connectivity index (χ0) is 46.5. The van der Waals surface area contributed by atoms with Gasteiger partial charge in [-0.2, -0.15) is 0 Å². The summed E-state index contributed by atoms with van der Waals surface area (Å²) in [7, 11) is 0. The van der Waals surface area contributed by atoms with Gasteiger partial charge in [0, 0.05) is 19.3 Å². The van der Waals surface area contributed by atoms with E-state index in [1.54, 1.807) is 0 Å². The van der Waals surface area contributed by atoms with E-state index in [-0.39, 0.29) is 43.6 Å². The number of unbranched alkanes of at least 4 members (excludes halogenated alkanes) is 33. The lowest BCUT2D eigenvalue weighted by Crippen LogP contribution is -2.26. The third kappa shape index (κ3) is 50.6. The number of rotatable bonds is 51. The molecule has 0 spiro atoms. The normalized spacial score (nSPS) is 11.8. The van der Waals surface area contributed by atoms with Gasteiger partial charge < -0.3 is 14.2 Å². The van der Waals surface area contributed by atoms with Gasteiger partial charge in [0.15, 0.2) is 0 Å². The van der Waals surface area contributed by atoms with Crippen LogP contribution >= 0.6 is 0 Å². The summed E-state index contributed by atoms with van der Waals surface area (Å²) in [6.07, 6.45) is 62.5. The average molecular weight is 899 g/mol. The van der Waals surface area contributed by atoms with Crippen LogP contribution in [0.5, 0.6) is 0 Å². The van der Waals surface area contributed by atoms with Crippen molar-refractivity contribution >= 4 is 17.9 Å². The maximum Gasteiger partial charge on any atom is 0.305 e. The zero-order valence-electron chi connectivity index (χ0n) is 42.8. The Bertz CT molecular complexity index is 945. The molecule has 6 nitrogen and oxygen atoms in total. The van der Waals surface area contributed by atoms with Crippen LogP contribution in [0.15, 0.2) is 36.5 Å². The maximum atomic E-state index is 12.6. The summed E-state index contributed by atoms with van der Waals surface area (Å²) < 4.78 is 16.9. The SMILES string of the molecule is CCCCCCCC/C=C\CCCCCCCC(=O)OCC(COC(=O)CCCCCCC/C=C\CCCCCCCC)COC(=O)CCCCCCC/C=C\CCCCCCCC. The van der Waals surface area contributed by atoms with E-state index < -0.39 is 0 Å². The molecule has 0 fully saturated rings. The van der Waals surface area contributed by atoms with E-state index in [2.05, 4.69) is 57.2 Å². The van der Waals surface area contributed by atoms with E-state index in [0.29, 0.717) is 19.3 Å². The molecule has 0 saturated heterocycles. The number of carbonyl (C=O) groups is 3. The molecule has 0 aliphatic rings. The van der Waals surface area contributed by atoms with Gasteiger partial charge in [-0.1, -0.05) is 211 Å². The summed E-state index contributed by atoms with van der Waals surface area (Å²) in [5, 5.41) is 0. The second-order valence-electron chi connectivity index (χ2n) is 18.9. The maximum absolute atomic E-state index is 12.6. The van der Waals surface area contributed by atoms with Gasteiger partial charge in [-0.25, -0.2) is 0 Å². The first-order chi connectivity index (χ1) is 31.5. The first kappa shape index (κ1) is 61.6. The van der Waals surface area contributed by atoms with Crippen molar-refractivity contribution in [3.8, 4) is 0 Å². The van der Waals surface area contributed by atoms with Crippen LogP contribution in [-0.2, 0) is 28.6 Å². The van der Waals surface area contributed by atoms with Crippen molar-refractivity contribution in [3.05, 3.63) is 36.5 Å². The molecule has 0 aliphatic carbocycles. The highest BCUT2D eigenvalue weighted by atomic mass is 16.6. The lowest BCUT2D eigenvalue weighted by Gasteiger charge is -2.17. The van der Waals surface area contributed by atoms with Crippen LogP contribution in [-0.4, -0.2) is 37.7 Å². The first-order valence-electron chi connectivity index (χ1n) is 27.9. The Labute approximate surface area is 397 Å². The van der Waals surface area contributed by atoms with Crippen LogP contribution in [0.3, 0.4) is 0 Å². The van der Waals surface area contributed by atoms with Gasteiger partial charge in [0.05, 0.1) is 5.92 Å². The van der Waals surface area contributed by atoms with E-state index in [4.69, 9.17) is 14.2 Å². The molecule has 6 heteroatoms. The highest BCUT2D eigenvalue weighted by molar-refractivity contribution is 5.70. The molecular formula is C58H106O6. The molecule has 0 heterocycles. The van der Waals surface area contributed by atoms with Crippen molar-refractivity contribution in [1.29, 1.82) is 0 Å². The predicted octanol–water partition coefficient (Wildman–Crippen LogP) is 18.3. The number of carbonyl (C=O) groups excluding carboxylic acids is 3. The van der Waals surface area contributed by atoms with Crippen LogP contribution in [0.1, 0.15) is 290 Å². The lowest BCUT2D eigenvalue weighted by molar-refractivity contribution is -0.153. The summed E-state index contributed by atoms with van der Waals surface area (Å²) in [5.41, 5.74) is 0. The van der Waals surface area contributed by atoms with Gasteiger partial charge in [0.2, 0.25) is 0 Å². The summed E-state index contributed by atoms with van der Waals surface area (Å²) in [5.74, 6) is -1.07. The van der Waals surface area contributed by atoms with Crippen molar-refractivity contribution in [1.82, 2.24) is 0 Å². The minimum absolute atomic E-state index is 0.0886. The number of allylic oxidation sites excluding steroid dienone is 6. The third-order valence-corrected chi connectivity index (χ3v) is 12.4. The smallest absolute Gasteiger partial charge is 0.305 e. The van der Waals surface area contributed by atoms with Crippen LogP contribution in [0.2, 0.25) is 0 Å². The monoisotopic (exact) mass is 899 g/mol. The summed E-state index contributed by atoms with van der Waals surface area (Å²) in [4.78, 5) is 37.9. The Hall–Kier alpha value is -2.37. The van der Waals surface area contributed by atoms with Gasteiger partial charge >= 0.3 is 17.9 Å². The Morgan fingerprint density at radius 3 is 0.688 bits per heavy atom. The molecule has 0 saturated carbocycles. The van der Waals surface area contributed by atoms with E-state index in [0.717, 1.165) is 77.0 Å². The number of esters is 3. The molecule has 0 aromatic heterocycles. The van der Waals surface area contributed by atoms with Gasteiger partial charge in [-0.05, 0) is 96.3 Å². The van der Waals surface area contributed by atoms with E-state index in [9.17, 15) is 14.4 Å². The summed E-state index contributed by atoms with van der Waals surface area (Å²) >= 11 is 0. The highest BCUT2D eigenvalue weighted by Gasteiger charge is 2.18. The second kappa shape index (κ2) is 53.2. The van der Waals surface area contributed by atoms with E-state index >= 15 is 0 Å². The van der Waals surface area contributed by atoms with Gasteiger partial charge in [-0.3, -0.25) is 14.4 Å². The molecule has 0 aromatic carbocycles. The van der Waals surface area contributed by atoms with Crippen molar-refractivity contribution in [2.45, 2.75) is 290 Å². The molecule has 0 N–H and O–H groups in total. The Morgan fingerprint density at radius 2 is 0.469 bits per heavy atom. The lowest BCUT2D eigenvalue weighted by atomic mass is 10.1. The molecule has 64 heavy (non-hydrogen) atoms. The molecule has 0 amide bonds. The molecule has 0 unspecified atom stereocenters. The van der Waals surface area contributed by atoms with Crippen LogP contribution in [0, 0.1) is 5.92 Å². The molecule has 0 atom stereocenters. The fraction of sp³-hybridized carbons (Fsp3) is 0.845. The average Bonchev–Trinajstić information content (AvgIpc) is 3.29. The van der Waals surface area contributed by atoms with Gasteiger partial charge in [0.25, 0.3) is 0 Å². The van der Waals surface area contributed by atoms with Gasteiger partial charge in [0.1, 0.15) is 19.8 Å². The number of hydrogen-bond acceptors (Lipinski definition) is 6. The van der Waals surface area contributed by atoms with Crippen molar-refractivity contribution < 1.29 is 28.6 Å². The van der Waals surface area contributed by atoms with Crippen molar-refractivity contribution in [2.75, 3.05) is 19.8 Å². The second-order valence-corrected chi connectivity index (χ2v) is 18.9. The zero-order valence-corrected chi connectivity index (χ0v) is 42.8. The Morgan fingerprint density at radius 1 is 0.281 bits per heavy atom. The highest BCUT2D eigenvalue weighted by Crippen LogP contribution is 2.15. The van der Waals surface area contributed by atoms with Crippen molar-refractivity contribution in [3.63, 3.8) is 0 Å². The minimum Gasteiger partial charge on any atom is -0.465 e. The molecule has 0 rings (SSSR count). The van der Waals surface area contributed by atoms with E-state index in [1.165, 1.54) is 173 Å². The summed E-state index contributed by atoms with van der Waals surface area (Å²) in [6.45, 7) is 7.06. The van der Waals surface area contributed by atoms with E-state index in [1.807, 2.05) is 0 Å². The number of hydrogen-bond donors (Lipinski definition) is 0. The van der Waals surface area contributed by atoms with Crippen LogP contribution in [0.4, 0.5) is 0 Å². The predicted molar refractivity (Wildman–Crippen MR) is 275 cm³/mol. The fourth-order valence-electron chi connectivity index (χ4n) is 8.01. The topological polar surface area (TPSA) is 78.9 Å². The van der Waals surface area contributed by atoms with Crippen molar-refractivity contribution in [2.24, 2.45) is 5.92 Å². The first-order valence-corrected chi connectivity index (χ1v) is 27.9. The Balaban J connectivity index is 4.38. The largest absolute Gasteiger partial charge is 0.465 e. The van der Waals surface area contributed by atoms with Crippen LogP contribution in [0.25, 0.3) is 0 Å². The summed E-state index contributed by atoms with van der Waals surface area (Å²) in [6, 6.07) is 0. The molecule has 0 aromatic rings. The minimum atomic E-state index is -0.366. The molecule has 0 aliphatic heterocycles.